The van der Waals surface area contributed by atoms with Crippen molar-refractivity contribution in [3.8, 4) is 0 Å². The zero-order chi connectivity index (χ0) is 14.8. The highest BCUT2D eigenvalue weighted by Crippen LogP contribution is 2.31. The molecule has 2 aliphatic rings. The maximum absolute atomic E-state index is 12.6. The molecule has 3 rings (SSSR count). The molecule has 0 bridgehead atoms. The Labute approximate surface area is 127 Å². The van der Waals surface area contributed by atoms with Crippen LogP contribution in [0.15, 0.2) is 24.3 Å². The van der Waals surface area contributed by atoms with E-state index in [2.05, 4.69) is 37.4 Å². The van der Waals surface area contributed by atoms with E-state index in [0.717, 1.165) is 12.1 Å². The number of carbonyl (C=O) groups excluding carboxylic acids is 1. The van der Waals surface area contributed by atoms with Crippen molar-refractivity contribution in [2.24, 2.45) is 5.92 Å². The summed E-state index contributed by atoms with van der Waals surface area (Å²) in [5.74, 6) is 0.903. The number of nitrogens with one attached hydrogen (secondary N) is 1. The molecule has 1 aromatic rings. The molecule has 0 spiro atoms. The van der Waals surface area contributed by atoms with Gasteiger partial charge in [0.15, 0.2) is 0 Å². The van der Waals surface area contributed by atoms with Crippen molar-refractivity contribution in [3.63, 3.8) is 0 Å². The highest BCUT2D eigenvalue weighted by atomic mass is 16.2. The van der Waals surface area contributed by atoms with Crippen LogP contribution < -0.4 is 10.2 Å². The molecule has 21 heavy (non-hydrogen) atoms. The normalized spacial score (nSPS) is 28.5. The predicted octanol–water partition coefficient (Wildman–Crippen LogP) is 3.13. The molecule has 1 aliphatic heterocycles. The third-order valence-electron chi connectivity index (χ3n) is 5.10. The topological polar surface area (TPSA) is 32.3 Å². The lowest BCUT2D eigenvalue weighted by Crippen LogP contribution is -2.46. The Balaban J connectivity index is 1.63. The van der Waals surface area contributed by atoms with Crippen LogP contribution in [0.5, 0.6) is 0 Å². The molecule has 1 amide bonds. The quantitative estimate of drug-likeness (QED) is 0.926. The van der Waals surface area contributed by atoms with Gasteiger partial charge in [-0.2, -0.15) is 0 Å². The molecule has 0 saturated heterocycles. The molecule has 114 valence electrons. The lowest BCUT2D eigenvalue weighted by Gasteiger charge is -2.31. The van der Waals surface area contributed by atoms with Crippen LogP contribution in [-0.2, 0) is 11.2 Å². The molecule has 3 nitrogen and oxygen atoms in total. The Hall–Kier alpha value is -1.35. The van der Waals surface area contributed by atoms with Crippen LogP contribution in [0.4, 0.5) is 5.69 Å². The minimum atomic E-state index is 0.213. The number of anilines is 1. The molecule has 1 saturated carbocycles. The van der Waals surface area contributed by atoms with E-state index in [1.54, 1.807) is 0 Å². The number of para-hydroxylation sites is 1. The summed E-state index contributed by atoms with van der Waals surface area (Å²) in [5.41, 5.74) is 2.40. The molecule has 3 unspecified atom stereocenters. The first-order valence-corrected chi connectivity index (χ1v) is 8.30. The van der Waals surface area contributed by atoms with Crippen molar-refractivity contribution in [1.29, 1.82) is 0 Å². The van der Waals surface area contributed by atoms with E-state index in [0.29, 0.717) is 18.5 Å². The van der Waals surface area contributed by atoms with Crippen molar-refractivity contribution in [3.05, 3.63) is 29.8 Å². The largest absolute Gasteiger partial charge is 0.308 e. The van der Waals surface area contributed by atoms with Gasteiger partial charge >= 0.3 is 0 Å². The summed E-state index contributed by atoms with van der Waals surface area (Å²) in [4.78, 5) is 14.6. The van der Waals surface area contributed by atoms with Gasteiger partial charge in [-0.25, -0.2) is 0 Å². The summed E-state index contributed by atoms with van der Waals surface area (Å²) in [5, 5.41) is 3.51. The van der Waals surface area contributed by atoms with Gasteiger partial charge in [-0.05, 0) is 43.7 Å². The first-order valence-electron chi connectivity index (χ1n) is 8.30. The highest BCUT2D eigenvalue weighted by Gasteiger charge is 2.31. The zero-order valence-corrected chi connectivity index (χ0v) is 13.1. The predicted molar refractivity (Wildman–Crippen MR) is 86.5 cm³/mol. The molecule has 0 aromatic heterocycles. The van der Waals surface area contributed by atoms with E-state index in [1.165, 1.54) is 31.2 Å². The molecule has 1 aliphatic carbocycles. The highest BCUT2D eigenvalue weighted by molar-refractivity contribution is 5.97. The van der Waals surface area contributed by atoms with Crippen LogP contribution in [0, 0.1) is 5.92 Å². The van der Waals surface area contributed by atoms with Crippen molar-refractivity contribution in [1.82, 2.24) is 5.32 Å². The first kappa shape index (κ1) is 14.6. The molecule has 0 radical (unpaired) electrons. The van der Waals surface area contributed by atoms with Crippen LogP contribution in [0.1, 0.15) is 45.1 Å². The Morgan fingerprint density at radius 3 is 2.81 bits per heavy atom. The Morgan fingerprint density at radius 1 is 1.24 bits per heavy atom. The fraction of sp³-hybridized carbons (Fsp3) is 0.611. The van der Waals surface area contributed by atoms with Crippen LogP contribution in [0.3, 0.4) is 0 Å². The Kier molecular flexibility index (Phi) is 4.29. The van der Waals surface area contributed by atoms with Crippen LogP contribution in [0.2, 0.25) is 0 Å². The molecule has 1 N–H and O–H groups in total. The van der Waals surface area contributed by atoms with Crippen LogP contribution in [-0.4, -0.2) is 24.5 Å². The number of rotatable bonds is 3. The van der Waals surface area contributed by atoms with E-state index in [9.17, 15) is 4.79 Å². The summed E-state index contributed by atoms with van der Waals surface area (Å²) in [6, 6.07) is 9.07. The lowest BCUT2D eigenvalue weighted by atomic mass is 9.86. The number of benzene rings is 1. The minimum Gasteiger partial charge on any atom is -0.308 e. The molecule has 1 heterocycles. The van der Waals surface area contributed by atoms with Gasteiger partial charge in [0.2, 0.25) is 5.91 Å². The van der Waals surface area contributed by atoms with Gasteiger partial charge in [0.05, 0.1) is 6.54 Å². The summed E-state index contributed by atoms with van der Waals surface area (Å²) in [7, 11) is 0. The second kappa shape index (κ2) is 6.18. The van der Waals surface area contributed by atoms with E-state index in [1.807, 2.05) is 11.0 Å². The smallest absolute Gasteiger partial charge is 0.241 e. The molecule has 1 fully saturated rings. The second-order valence-electron chi connectivity index (χ2n) is 6.69. The van der Waals surface area contributed by atoms with Gasteiger partial charge in [-0.1, -0.05) is 38.0 Å². The molecule has 1 aromatic carbocycles. The first-order chi connectivity index (χ1) is 10.2. The summed E-state index contributed by atoms with van der Waals surface area (Å²) in [6.07, 6.45) is 6.10. The molecule has 3 heteroatoms. The molecule has 3 atom stereocenters. The van der Waals surface area contributed by atoms with E-state index in [4.69, 9.17) is 0 Å². The van der Waals surface area contributed by atoms with E-state index in [-0.39, 0.29) is 11.9 Å². The SMILES string of the molecule is CC1CCCCC1NCC(=O)N1c2ccccc2CC1C. The van der Waals surface area contributed by atoms with Gasteiger partial charge < -0.3 is 10.2 Å². The molecular formula is C18H26N2O. The maximum Gasteiger partial charge on any atom is 0.241 e. The monoisotopic (exact) mass is 286 g/mol. The zero-order valence-electron chi connectivity index (χ0n) is 13.1. The van der Waals surface area contributed by atoms with Crippen LogP contribution >= 0.6 is 0 Å². The van der Waals surface area contributed by atoms with Gasteiger partial charge in [0.1, 0.15) is 0 Å². The molecular weight excluding hydrogens is 260 g/mol. The number of amides is 1. The van der Waals surface area contributed by atoms with Gasteiger partial charge in [-0.3, -0.25) is 4.79 Å². The lowest BCUT2D eigenvalue weighted by molar-refractivity contribution is -0.118. The number of fused-ring (bicyclic) bond motifs is 1. The summed E-state index contributed by atoms with van der Waals surface area (Å²) < 4.78 is 0. The van der Waals surface area contributed by atoms with E-state index < -0.39 is 0 Å². The van der Waals surface area contributed by atoms with E-state index >= 15 is 0 Å². The third-order valence-corrected chi connectivity index (χ3v) is 5.10. The second-order valence-corrected chi connectivity index (χ2v) is 6.69. The third kappa shape index (κ3) is 2.98. The van der Waals surface area contributed by atoms with Crippen LogP contribution in [0.25, 0.3) is 0 Å². The number of carbonyl (C=O) groups is 1. The maximum atomic E-state index is 12.6. The van der Waals surface area contributed by atoms with Crippen molar-refractivity contribution in [2.75, 3.05) is 11.4 Å². The Bertz CT molecular complexity index is 514. The summed E-state index contributed by atoms with van der Waals surface area (Å²) in [6.45, 7) is 4.91. The minimum absolute atomic E-state index is 0.213. The fourth-order valence-corrected chi connectivity index (χ4v) is 3.87. The number of hydrogen-bond acceptors (Lipinski definition) is 2. The number of nitrogens with zero attached hydrogens (tertiary/aromatic N) is 1. The fourth-order valence-electron chi connectivity index (χ4n) is 3.87. The van der Waals surface area contributed by atoms with Crippen molar-refractivity contribution < 1.29 is 4.79 Å². The van der Waals surface area contributed by atoms with Gasteiger partial charge in [0, 0.05) is 17.8 Å². The number of hydrogen-bond donors (Lipinski definition) is 1. The standard InChI is InChI=1S/C18H26N2O/c1-13-7-3-5-9-16(13)19-12-18(21)20-14(2)11-15-8-4-6-10-17(15)20/h4,6,8,10,13-14,16,19H,3,5,7,9,11-12H2,1-2H3. The average Bonchev–Trinajstić information content (AvgIpc) is 2.82. The average molecular weight is 286 g/mol. The Morgan fingerprint density at radius 2 is 2.00 bits per heavy atom. The van der Waals surface area contributed by atoms with Gasteiger partial charge in [-0.15, -0.1) is 0 Å². The summed E-state index contributed by atoms with van der Waals surface area (Å²) >= 11 is 0. The van der Waals surface area contributed by atoms with Crippen molar-refractivity contribution >= 4 is 11.6 Å². The van der Waals surface area contributed by atoms with Gasteiger partial charge in [0.25, 0.3) is 0 Å². The van der Waals surface area contributed by atoms with Crippen molar-refractivity contribution in [2.45, 2.75) is 58.0 Å².